The van der Waals surface area contributed by atoms with Crippen LogP contribution in [-0.4, -0.2) is 24.5 Å². The minimum atomic E-state index is 0.562. The molecule has 3 aromatic heterocycles. The molecule has 0 aliphatic rings. The number of rotatable bonds is 5. The van der Waals surface area contributed by atoms with E-state index in [9.17, 15) is 0 Å². The van der Waals surface area contributed by atoms with Crippen LogP contribution in [0, 0.1) is 0 Å². The first kappa shape index (κ1) is 26.0. The molecule has 0 saturated heterocycles. The first-order chi connectivity index (χ1) is 22.8. The van der Waals surface area contributed by atoms with Crippen molar-refractivity contribution >= 4 is 32.9 Å². The zero-order chi connectivity index (χ0) is 30.5. The lowest BCUT2D eigenvalue weighted by Crippen LogP contribution is -2.00. The summed E-state index contributed by atoms with van der Waals surface area (Å²) in [6.45, 7) is 0. The molecule has 0 radical (unpaired) electrons. The Morgan fingerprint density at radius 1 is 0.413 bits per heavy atom. The average Bonchev–Trinajstić information content (AvgIpc) is 3.71. The Morgan fingerprint density at radius 2 is 0.978 bits per heavy atom. The highest BCUT2D eigenvalue weighted by Gasteiger charge is 2.17. The third kappa shape index (κ3) is 4.43. The molecule has 6 heteroatoms. The third-order valence-corrected chi connectivity index (χ3v) is 8.28. The summed E-state index contributed by atoms with van der Waals surface area (Å²) >= 11 is 0. The Hall–Kier alpha value is -6.40. The van der Waals surface area contributed by atoms with E-state index in [0.717, 1.165) is 44.5 Å². The van der Waals surface area contributed by atoms with Crippen LogP contribution in [0.1, 0.15) is 0 Å². The highest BCUT2D eigenvalue weighted by Crippen LogP contribution is 2.35. The Morgan fingerprint density at radius 3 is 1.72 bits per heavy atom. The quantitative estimate of drug-likeness (QED) is 0.199. The molecule has 0 amide bonds. The monoisotopic (exact) mass is 591 g/mol. The van der Waals surface area contributed by atoms with E-state index in [1.165, 1.54) is 10.8 Å². The normalized spacial score (nSPS) is 11.5. The van der Waals surface area contributed by atoms with E-state index in [-0.39, 0.29) is 0 Å². The van der Waals surface area contributed by atoms with E-state index in [1.54, 1.807) is 0 Å². The van der Waals surface area contributed by atoms with Gasteiger partial charge in [-0.2, -0.15) is 0 Å². The summed E-state index contributed by atoms with van der Waals surface area (Å²) in [7, 11) is 0. The van der Waals surface area contributed by atoms with Gasteiger partial charge in [0.1, 0.15) is 5.52 Å². The molecule has 0 aliphatic heterocycles. The first-order valence-corrected chi connectivity index (χ1v) is 15.2. The summed E-state index contributed by atoms with van der Waals surface area (Å²) in [4.78, 5) is 19.7. The van der Waals surface area contributed by atoms with Crippen molar-refractivity contribution in [2.75, 3.05) is 0 Å². The van der Waals surface area contributed by atoms with Gasteiger partial charge in [0.2, 0.25) is 5.89 Å². The van der Waals surface area contributed by atoms with E-state index in [4.69, 9.17) is 24.4 Å². The molecule has 9 rings (SSSR count). The maximum atomic E-state index is 6.19. The molecular formula is C40H25N5O. The molecule has 0 unspecified atom stereocenters. The molecule has 0 aliphatic carbocycles. The zero-order valence-corrected chi connectivity index (χ0v) is 24.6. The molecular weight excluding hydrogens is 566 g/mol. The standard InChI is InChI=1S/C40H25N5O/c1-4-12-26(13-5-1)37-42-38(44-39(43-37)29-21-23-33-36(25-29)46-40(41-33)27-14-6-2-7-15-27)28-20-22-32-31-18-10-11-19-34(31)45(35(32)24-28)30-16-8-3-9-17-30/h1-25H. The third-order valence-electron chi connectivity index (χ3n) is 8.28. The fraction of sp³-hybridized carbons (Fsp3) is 0. The minimum absolute atomic E-state index is 0.562. The lowest BCUT2D eigenvalue weighted by atomic mass is 10.1. The van der Waals surface area contributed by atoms with Gasteiger partial charge in [0.05, 0.1) is 11.0 Å². The number of hydrogen-bond acceptors (Lipinski definition) is 5. The summed E-state index contributed by atoms with van der Waals surface area (Å²) in [6.07, 6.45) is 0. The van der Waals surface area contributed by atoms with E-state index >= 15 is 0 Å². The maximum absolute atomic E-state index is 6.19. The SMILES string of the molecule is c1ccc(-c2nc(-c3ccc4nc(-c5ccccc5)oc4c3)nc(-c3ccc4c5ccccc5n(-c5ccccc5)c4c3)n2)cc1. The molecule has 0 N–H and O–H groups in total. The molecule has 0 bridgehead atoms. The molecule has 6 nitrogen and oxygen atoms in total. The Bertz CT molecular complexity index is 2520. The van der Waals surface area contributed by atoms with Crippen LogP contribution in [0.4, 0.5) is 0 Å². The van der Waals surface area contributed by atoms with Crippen LogP contribution in [0.15, 0.2) is 156 Å². The molecule has 0 fully saturated rings. The van der Waals surface area contributed by atoms with Crippen LogP contribution >= 0.6 is 0 Å². The number of para-hydroxylation sites is 2. The number of hydrogen-bond donors (Lipinski definition) is 0. The van der Waals surface area contributed by atoms with Gasteiger partial charge in [-0.1, -0.05) is 97.1 Å². The van der Waals surface area contributed by atoms with Crippen molar-refractivity contribution in [3.8, 4) is 51.3 Å². The van der Waals surface area contributed by atoms with E-state index in [2.05, 4.69) is 71.3 Å². The predicted molar refractivity (Wildman–Crippen MR) is 183 cm³/mol. The second kappa shape index (κ2) is 10.6. The van der Waals surface area contributed by atoms with Crippen LogP contribution in [0.25, 0.3) is 84.2 Å². The summed E-state index contributed by atoms with van der Waals surface area (Å²) < 4.78 is 8.50. The van der Waals surface area contributed by atoms with Crippen LogP contribution in [0.3, 0.4) is 0 Å². The van der Waals surface area contributed by atoms with Gasteiger partial charge in [-0.3, -0.25) is 0 Å². The summed E-state index contributed by atoms with van der Waals surface area (Å²) in [5.74, 6) is 2.34. The van der Waals surface area contributed by atoms with Gasteiger partial charge in [-0.05, 0) is 54.6 Å². The number of nitrogens with zero attached hydrogens (tertiary/aromatic N) is 5. The second-order valence-electron chi connectivity index (χ2n) is 11.2. The largest absolute Gasteiger partial charge is 0.436 e. The van der Waals surface area contributed by atoms with Gasteiger partial charge in [0.25, 0.3) is 0 Å². The molecule has 6 aromatic carbocycles. The van der Waals surface area contributed by atoms with Crippen molar-refractivity contribution in [2.24, 2.45) is 0 Å². The van der Waals surface area contributed by atoms with Crippen molar-refractivity contribution in [3.63, 3.8) is 0 Å². The minimum Gasteiger partial charge on any atom is -0.436 e. The summed E-state index contributed by atoms with van der Waals surface area (Å²) in [6, 6.07) is 51.2. The van der Waals surface area contributed by atoms with Crippen molar-refractivity contribution in [1.29, 1.82) is 0 Å². The molecule has 3 heterocycles. The predicted octanol–water partition coefficient (Wildman–Crippen LogP) is 9.78. The van der Waals surface area contributed by atoms with Crippen molar-refractivity contribution in [3.05, 3.63) is 152 Å². The zero-order valence-electron chi connectivity index (χ0n) is 24.6. The smallest absolute Gasteiger partial charge is 0.227 e. The van der Waals surface area contributed by atoms with Crippen molar-refractivity contribution in [2.45, 2.75) is 0 Å². The maximum Gasteiger partial charge on any atom is 0.227 e. The van der Waals surface area contributed by atoms with Crippen LogP contribution in [0.2, 0.25) is 0 Å². The Kier molecular flexibility index (Phi) is 6.03. The lowest BCUT2D eigenvalue weighted by Gasteiger charge is -2.10. The molecule has 0 atom stereocenters. The van der Waals surface area contributed by atoms with Gasteiger partial charge < -0.3 is 8.98 Å². The Labute approximate surface area is 264 Å². The van der Waals surface area contributed by atoms with Crippen molar-refractivity contribution in [1.82, 2.24) is 24.5 Å². The average molecular weight is 592 g/mol. The highest BCUT2D eigenvalue weighted by atomic mass is 16.3. The highest BCUT2D eigenvalue weighted by molar-refractivity contribution is 6.10. The fourth-order valence-electron chi connectivity index (χ4n) is 6.08. The van der Waals surface area contributed by atoms with Gasteiger partial charge >= 0.3 is 0 Å². The summed E-state index contributed by atoms with van der Waals surface area (Å²) in [5.41, 5.74) is 8.36. The van der Waals surface area contributed by atoms with Crippen LogP contribution in [0.5, 0.6) is 0 Å². The van der Waals surface area contributed by atoms with Gasteiger partial charge in [0.15, 0.2) is 23.1 Å². The lowest BCUT2D eigenvalue weighted by molar-refractivity contribution is 0.620. The topological polar surface area (TPSA) is 69.6 Å². The number of benzene rings is 6. The van der Waals surface area contributed by atoms with Gasteiger partial charge in [-0.25, -0.2) is 19.9 Å². The Balaban J connectivity index is 1.23. The fourth-order valence-corrected chi connectivity index (χ4v) is 6.08. The van der Waals surface area contributed by atoms with Gasteiger partial charge in [-0.15, -0.1) is 0 Å². The molecule has 9 aromatic rings. The van der Waals surface area contributed by atoms with Crippen LogP contribution in [-0.2, 0) is 0 Å². The first-order valence-electron chi connectivity index (χ1n) is 15.2. The van der Waals surface area contributed by atoms with Crippen molar-refractivity contribution < 1.29 is 4.42 Å². The molecule has 216 valence electrons. The van der Waals surface area contributed by atoms with Gasteiger partial charge in [0, 0.05) is 38.7 Å². The van der Waals surface area contributed by atoms with E-state index in [0.29, 0.717) is 28.9 Å². The van der Waals surface area contributed by atoms with Crippen LogP contribution < -0.4 is 0 Å². The van der Waals surface area contributed by atoms with E-state index < -0.39 is 0 Å². The number of oxazole rings is 1. The molecule has 0 spiro atoms. The van der Waals surface area contributed by atoms with E-state index in [1.807, 2.05) is 84.9 Å². The molecule has 46 heavy (non-hydrogen) atoms. The number of fused-ring (bicyclic) bond motifs is 4. The summed E-state index contributed by atoms with van der Waals surface area (Å²) in [5, 5.41) is 2.37. The molecule has 0 saturated carbocycles. The number of aromatic nitrogens is 5. The second-order valence-corrected chi connectivity index (χ2v) is 11.2.